The first-order valence-electron chi connectivity index (χ1n) is 11.4. The normalized spacial score (nSPS) is 21.5. The van der Waals surface area contributed by atoms with Crippen LogP contribution in [0.1, 0.15) is 36.1 Å². The average Bonchev–Trinajstić information content (AvgIpc) is 3.25. The van der Waals surface area contributed by atoms with Crippen LogP contribution in [0, 0.1) is 0 Å². The van der Waals surface area contributed by atoms with Gasteiger partial charge in [0.2, 0.25) is 0 Å². The number of aliphatic carboxylic acids is 1. The highest BCUT2D eigenvalue weighted by Gasteiger charge is 2.60. The summed E-state index contributed by atoms with van der Waals surface area (Å²) in [7, 11) is 2.48. The molecule has 194 valence electrons. The fraction of sp³-hybridized carbons (Fsp3) is 0.440. The van der Waals surface area contributed by atoms with Gasteiger partial charge in [-0.1, -0.05) is 23.7 Å². The van der Waals surface area contributed by atoms with Crippen LogP contribution in [0.25, 0.3) is 0 Å². The molecule has 2 aliphatic rings. The molecule has 3 atom stereocenters. The number of carbonyl (C=O) groups excluding carboxylic acids is 1. The molecule has 0 amide bonds. The van der Waals surface area contributed by atoms with Crippen molar-refractivity contribution in [2.45, 2.75) is 50.1 Å². The summed E-state index contributed by atoms with van der Waals surface area (Å²) in [6.07, 6.45) is 1.38. The first-order valence-corrected chi connectivity index (χ1v) is 11.7. The van der Waals surface area contributed by atoms with Crippen molar-refractivity contribution in [2.75, 3.05) is 20.8 Å². The quantitative estimate of drug-likeness (QED) is 0.257. The number of hydrogen-bond donors (Lipinski definition) is 3. The molecule has 0 saturated carbocycles. The molecule has 2 unspecified atom stereocenters. The minimum Gasteiger partial charge on any atom is -0.475 e. The molecule has 10 nitrogen and oxygen atoms in total. The number of fused-ring (bicyclic) bond motifs is 2. The number of nitrogens with one attached hydrogen (secondary N) is 1. The first-order chi connectivity index (χ1) is 17.1. The summed E-state index contributed by atoms with van der Waals surface area (Å²) in [5.74, 6) is -7.31. The van der Waals surface area contributed by atoms with Gasteiger partial charge in [0.1, 0.15) is 0 Å². The highest BCUT2D eigenvalue weighted by Crippen LogP contribution is 2.44. The zero-order chi connectivity index (χ0) is 26.1. The van der Waals surface area contributed by atoms with E-state index in [1.807, 2.05) is 6.07 Å². The summed E-state index contributed by atoms with van der Waals surface area (Å²) < 4.78 is 26.1. The second-order valence-electron chi connectivity index (χ2n) is 8.77. The number of carboxylic acids is 1. The smallest absolute Gasteiger partial charge is 0.453 e. The minimum absolute atomic E-state index is 0.0741. The summed E-state index contributed by atoms with van der Waals surface area (Å²) in [5.41, 5.74) is 2.61. The van der Waals surface area contributed by atoms with E-state index in [1.54, 1.807) is 30.3 Å². The molecule has 4 rings (SSSR count). The molecule has 1 aliphatic carbocycles. The van der Waals surface area contributed by atoms with Crippen molar-refractivity contribution in [3.63, 3.8) is 0 Å². The molecule has 0 spiro atoms. The molecule has 2 aromatic rings. The predicted molar refractivity (Wildman–Crippen MR) is 127 cm³/mol. The largest absolute Gasteiger partial charge is 0.475 e. The molecule has 1 aliphatic heterocycles. The van der Waals surface area contributed by atoms with Gasteiger partial charge in [-0.3, -0.25) is 0 Å². The number of methoxy groups -OCH3 is 2. The van der Waals surface area contributed by atoms with Gasteiger partial charge in [-0.2, -0.15) is 0 Å². The van der Waals surface area contributed by atoms with E-state index in [-0.39, 0.29) is 17.5 Å². The third-order valence-corrected chi connectivity index (χ3v) is 6.64. The van der Waals surface area contributed by atoms with E-state index in [0.29, 0.717) is 24.4 Å². The lowest BCUT2D eigenvalue weighted by Gasteiger charge is -2.29. The second kappa shape index (κ2) is 10.2. The summed E-state index contributed by atoms with van der Waals surface area (Å²) in [6, 6.07) is 10.5. The van der Waals surface area contributed by atoms with Crippen LogP contribution in [0.2, 0.25) is 5.02 Å². The maximum absolute atomic E-state index is 12.8. The number of carbonyl (C=O) groups is 2. The Morgan fingerprint density at radius 3 is 2.47 bits per heavy atom. The maximum atomic E-state index is 12.8. The van der Waals surface area contributed by atoms with Crippen LogP contribution in [0.3, 0.4) is 0 Å². The van der Waals surface area contributed by atoms with Crippen molar-refractivity contribution in [1.29, 1.82) is 0 Å². The van der Waals surface area contributed by atoms with Gasteiger partial charge >= 0.3 is 23.7 Å². The first kappa shape index (κ1) is 26.2. The Bertz CT molecular complexity index is 1150. The van der Waals surface area contributed by atoms with Gasteiger partial charge in [-0.25, -0.2) is 9.59 Å². The second-order valence-corrected chi connectivity index (χ2v) is 9.21. The highest BCUT2D eigenvalue weighted by molar-refractivity contribution is 6.30. The van der Waals surface area contributed by atoms with Crippen molar-refractivity contribution in [3.8, 4) is 11.5 Å². The number of aliphatic hydroxyl groups is 1. The molecule has 3 N–H and O–H groups in total. The van der Waals surface area contributed by atoms with Crippen LogP contribution in [0.5, 0.6) is 11.5 Å². The van der Waals surface area contributed by atoms with Crippen LogP contribution < -0.4 is 14.8 Å². The molecule has 0 saturated heterocycles. The molecule has 0 bridgehead atoms. The van der Waals surface area contributed by atoms with E-state index in [2.05, 4.69) is 5.32 Å². The van der Waals surface area contributed by atoms with Crippen LogP contribution in [0.4, 0.5) is 0 Å². The number of halogens is 1. The van der Waals surface area contributed by atoms with Crippen molar-refractivity contribution in [2.24, 2.45) is 0 Å². The van der Waals surface area contributed by atoms with Gasteiger partial charge < -0.3 is 39.2 Å². The van der Waals surface area contributed by atoms with Crippen molar-refractivity contribution in [1.82, 2.24) is 5.32 Å². The summed E-state index contributed by atoms with van der Waals surface area (Å²) >= 11 is 6.01. The molecule has 1 heterocycles. The van der Waals surface area contributed by atoms with Gasteiger partial charge in [0.05, 0.1) is 6.10 Å². The number of hydrogen-bond acceptors (Lipinski definition) is 9. The number of carboxylic acid groups (broad SMARTS) is 1. The molecular weight excluding hydrogens is 494 g/mol. The fourth-order valence-corrected chi connectivity index (χ4v) is 4.40. The third-order valence-electron chi connectivity index (χ3n) is 6.41. The van der Waals surface area contributed by atoms with Gasteiger partial charge in [-0.05, 0) is 60.2 Å². The lowest BCUT2D eigenvalue weighted by Crippen LogP contribution is -2.57. The zero-order valence-electron chi connectivity index (χ0n) is 20.1. The fourth-order valence-electron chi connectivity index (χ4n) is 4.20. The SMILES string of the molecule is COC(C)(OC)OC(=O)C1(C(=O)O)Oc2cc3c(cc2O1)CC(NC[C@@H](O)c1cccc(Cl)c1)CC3. The molecule has 0 aromatic heterocycles. The Morgan fingerprint density at radius 2 is 1.86 bits per heavy atom. The van der Waals surface area contributed by atoms with Crippen LogP contribution >= 0.6 is 11.6 Å². The molecule has 36 heavy (non-hydrogen) atoms. The van der Waals surface area contributed by atoms with Gasteiger partial charge in [0.15, 0.2) is 11.5 Å². The predicted octanol–water partition coefficient (Wildman–Crippen LogP) is 2.58. The summed E-state index contributed by atoms with van der Waals surface area (Å²) in [4.78, 5) is 24.9. The monoisotopic (exact) mass is 521 g/mol. The Morgan fingerprint density at radius 1 is 1.19 bits per heavy atom. The Balaban J connectivity index is 1.46. The molecule has 0 radical (unpaired) electrons. The summed E-state index contributed by atoms with van der Waals surface area (Å²) in [6.45, 7) is 1.65. The van der Waals surface area contributed by atoms with Crippen LogP contribution in [-0.4, -0.2) is 60.7 Å². The third kappa shape index (κ3) is 5.14. The lowest BCUT2D eigenvalue weighted by molar-refractivity contribution is -0.340. The summed E-state index contributed by atoms with van der Waals surface area (Å²) in [5, 5.41) is 24.3. The standard InChI is InChI=1S/C25H28ClNO9/c1-24(32-2,33-3)36-23(31)25(22(29)30)34-20-11-14-7-8-18(10-16(14)12-21(20)35-25)27-13-19(28)15-5-4-6-17(26)9-15/h4-6,9,11-12,18-19,27-28H,7-8,10,13H2,1-3H3,(H,29,30)/t18?,19-,25?/m1/s1. The average molecular weight is 522 g/mol. The van der Waals surface area contributed by atoms with E-state index in [9.17, 15) is 19.8 Å². The highest BCUT2D eigenvalue weighted by atomic mass is 35.5. The Kier molecular flexibility index (Phi) is 7.44. The van der Waals surface area contributed by atoms with E-state index >= 15 is 0 Å². The van der Waals surface area contributed by atoms with Crippen molar-refractivity contribution >= 4 is 23.5 Å². The Hall–Kier alpha value is -2.89. The number of aliphatic hydroxyl groups excluding tert-OH is 1. The van der Waals surface area contributed by atoms with Gasteiger partial charge in [-0.15, -0.1) is 0 Å². The number of benzene rings is 2. The minimum atomic E-state index is -2.73. The maximum Gasteiger partial charge on any atom is 0.453 e. The van der Waals surface area contributed by atoms with E-state index < -0.39 is 29.8 Å². The van der Waals surface area contributed by atoms with Gasteiger partial charge in [0.25, 0.3) is 0 Å². The Labute approximate surface area is 213 Å². The van der Waals surface area contributed by atoms with E-state index in [0.717, 1.165) is 23.1 Å². The number of esters is 1. The number of aryl methyl sites for hydroxylation is 1. The molecule has 0 fully saturated rings. The molecule has 11 heteroatoms. The molecule has 2 aromatic carbocycles. The number of ether oxygens (including phenoxy) is 5. The molecular formula is C25H28ClNO9. The van der Waals surface area contributed by atoms with Gasteiger partial charge in [0, 0.05) is 38.8 Å². The zero-order valence-corrected chi connectivity index (χ0v) is 20.8. The topological polar surface area (TPSA) is 133 Å². The van der Waals surface area contributed by atoms with Crippen LogP contribution in [-0.2, 0) is 36.6 Å². The van der Waals surface area contributed by atoms with Crippen LogP contribution in [0.15, 0.2) is 36.4 Å². The van der Waals surface area contributed by atoms with E-state index in [1.165, 1.54) is 21.1 Å². The van der Waals surface area contributed by atoms with Crippen molar-refractivity contribution in [3.05, 3.63) is 58.1 Å². The van der Waals surface area contributed by atoms with E-state index in [4.69, 9.17) is 35.3 Å². The number of rotatable bonds is 9. The lowest BCUT2D eigenvalue weighted by atomic mass is 9.87. The van der Waals surface area contributed by atoms with Crippen molar-refractivity contribution < 1.29 is 43.5 Å².